The summed E-state index contributed by atoms with van der Waals surface area (Å²) in [6, 6.07) is 1.13. The van der Waals surface area contributed by atoms with Crippen molar-refractivity contribution in [2.24, 2.45) is 0 Å². The lowest BCUT2D eigenvalue weighted by atomic mass is 9.94. The fraction of sp³-hybridized carbons (Fsp3) is 0.615. The summed E-state index contributed by atoms with van der Waals surface area (Å²) in [7, 11) is 0. The van der Waals surface area contributed by atoms with Crippen LogP contribution in [0.1, 0.15) is 31.2 Å². The normalized spacial score (nSPS) is 23.6. The zero-order chi connectivity index (χ0) is 14.8. The van der Waals surface area contributed by atoms with E-state index in [1.54, 1.807) is 11.8 Å². The van der Waals surface area contributed by atoms with Gasteiger partial charge in [0.15, 0.2) is 0 Å². The summed E-state index contributed by atoms with van der Waals surface area (Å²) in [6.45, 7) is 0. The van der Waals surface area contributed by atoms with Gasteiger partial charge in [-0.1, -0.05) is 12.8 Å². The van der Waals surface area contributed by atoms with Crippen molar-refractivity contribution in [1.82, 2.24) is 4.98 Å². The molecular weight excluding hydrogens is 353 g/mol. The molecule has 0 saturated heterocycles. The van der Waals surface area contributed by atoms with E-state index in [4.69, 9.17) is 0 Å². The zero-order valence-corrected chi connectivity index (χ0v) is 13.4. The van der Waals surface area contributed by atoms with Crippen LogP contribution in [0.2, 0.25) is 0 Å². The number of thioether (sulfide) groups is 1. The van der Waals surface area contributed by atoms with Crippen molar-refractivity contribution < 1.29 is 13.2 Å². The lowest BCUT2D eigenvalue weighted by Crippen LogP contribution is -2.35. The predicted octanol–water partition coefficient (Wildman–Crippen LogP) is 4.95. The molecule has 1 aromatic rings. The van der Waals surface area contributed by atoms with E-state index < -0.39 is 11.7 Å². The first-order valence-electron chi connectivity index (χ1n) is 6.44. The van der Waals surface area contributed by atoms with Crippen LogP contribution in [0.25, 0.3) is 0 Å². The van der Waals surface area contributed by atoms with Gasteiger partial charge >= 0.3 is 6.18 Å². The van der Waals surface area contributed by atoms with Crippen molar-refractivity contribution in [3.63, 3.8) is 0 Å². The van der Waals surface area contributed by atoms with Gasteiger partial charge in [-0.2, -0.15) is 24.9 Å². The summed E-state index contributed by atoms with van der Waals surface area (Å²) in [5.41, 5.74) is -0.711. The smallest absolute Gasteiger partial charge is 0.366 e. The van der Waals surface area contributed by atoms with Gasteiger partial charge in [0, 0.05) is 22.0 Å². The Balaban J connectivity index is 2.24. The maximum Gasteiger partial charge on any atom is 0.419 e. The summed E-state index contributed by atoms with van der Waals surface area (Å²) >= 11 is 4.75. The van der Waals surface area contributed by atoms with Crippen molar-refractivity contribution in [3.8, 4) is 0 Å². The first kappa shape index (κ1) is 15.9. The van der Waals surface area contributed by atoms with Gasteiger partial charge in [-0.15, -0.1) is 0 Å². The van der Waals surface area contributed by atoms with Crippen molar-refractivity contribution in [2.45, 2.75) is 43.2 Å². The van der Waals surface area contributed by atoms with Crippen LogP contribution < -0.4 is 5.32 Å². The molecule has 0 aliphatic heterocycles. The van der Waals surface area contributed by atoms with Gasteiger partial charge < -0.3 is 5.32 Å². The van der Waals surface area contributed by atoms with E-state index in [2.05, 4.69) is 26.2 Å². The van der Waals surface area contributed by atoms with E-state index in [1.165, 1.54) is 6.20 Å². The van der Waals surface area contributed by atoms with Crippen molar-refractivity contribution in [3.05, 3.63) is 22.3 Å². The average molecular weight is 369 g/mol. The number of hydrogen-bond acceptors (Lipinski definition) is 3. The van der Waals surface area contributed by atoms with Gasteiger partial charge in [0.2, 0.25) is 0 Å². The summed E-state index contributed by atoms with van der Waals surface area (Å²) < 4.78 is 39.5. The van der Waals surface area contributed by atoms with Crippen molar-refractivity contribution >= 4 is 33.5 Å². The van der Waals surface area contributed by atoms with Crippen LogP contribution in [-0.4, -0.2) is 22.5 Å². The fourth-order valence-corrected chi connectivity index (χ4v) is 3.76. The van der Waals surface area contributed by atoms with E-state index in [1.807, 2.05) is 6.26 Å². The number of hydrogen-bond donors (Lipinski definition) is 1. The number of halogens is 4. The quantitative estimate of drug-likeness (QED) is 0.816. The molecular formula is C13H16BrF3N2S. The minimum atomic E-state index is -4.40. The number of rotatable bonds is 3. The third-order valence-electron chi connectivity index (χ3n) is 3.49. The number of aromatic nitrogens is 1. The molecule has 1 aliphatic rings. The molecule has 0 amide bonds. The standard InChI is InChI=1S/C13H16BrF3N2S/c1-20-11-5-3-2-4-10(11)19-12-9(13(15,16)17)6-8(14)7-18-12/h6-7,10-11H,2-5H2,1H3,(H,18,19). The second kappa shape index (κ2) is 6.56. The summed E-state index contributed by atoms with van der Waals surface area (Å²) in [4.78, 5) is 3.92. The highest BCUT2D eigenvalue weighted by atomic mass is 79.9. The van der Waals surface area contributed by atoms with Crippen LogP contribution in [0, 0.1) is 0 Å². The number of alkyl halides is 3. The molecule has 1 N–H and O–H groups in total. The molecule has 0 aromatic carbocycles. The van der Waals surface area contributed by atoms with Crippen LogP contribution >= 0.6 is 27.7 Å². The molecule has 0 bridgehead atoms. The maximum absolute atomic E-state index is 13.1. The summed E-state index contributed by atoms with van der Waals surface area (Å²) in [6.07, 6.45) is 3.12. The van der Waals surface area contributed by atoms with Crippen molar-refractivity contribution in [1.29, 1.82) is 0 Å². The number of nitrogens with zero attached hydrogens (tertiary/aromatic N) is 1. The molecule has 1 aromatic heterocycles. The Bertz CT molecular complexity index is 467. The third-order valence-corrected chi connectivity index (χ3v) is 5.09. The highest BCUT2D eigenvalue weighted by Crippen LogP contribution is 2.37. The Morgan fingerprint density at radius 3 is 2.70 bits per heavy atom. The molecule has 1 fully saturated rings. The van der Waals surface area contributed by atoms with Crippen LogP contribution in [0.3, 0.4) is 0 Å². The van der Waals surface area contributed by atoms with Crippen LogP contribution in [-0.2, 0) is 6.18 Å². The van der Waals surface area contributed by atoms with Gasteiger partial charge in [0.25, 0.3) is 0 Å². The second-order valence-corrected chi connectivity index (χ2v) is 6.85. The van der Waals surface area contributed by atoms with E-state index >= 15 is 0 Å². The number of anilines is 1. The van der Waals surface area contributed by atoms with E-state index in [0.717, 1.165) is 31.7 Å². The average Bonchev–Trinajstić information content (AvgIpc) is 2.40. The molecule has 1 aliphatic carbocycles. The molecule has 20 heavy (non-hydrogen) atoms. The number of pyridine rings is 1. The van der Waals surface area contributed by atoms with E-state index in [9.17, 15) is 13.2 Å². The fourth-order valence-electron chi connectivity index (χ4n) is 2.49. The Morgan fingerprint density at radius 2 is 2.05 bits per heavy atom. The maximum atomic E-state index is 13.1. The Labute approximate surface area is 129 Å². The lowest BCUT2D eigenvalue weighted by molar-refractivity contribution is -0.137. The van der Waals surface area contributed by atoms with Gasteiger partial charge in [-0.05, 0) is 41.1 Å². The minimum absolute atomic E-state index is 0.0496. The highest BCUT2D eigenvalue weighted by Gasteiger charge is 2.36. The number of nitrogens with one attached hydrogen (secondary N) is 1. The minimum Gasteiger partial charge on any atom is -0.366 e. The van der Waals surface area contributed by atoms with Gasteiger partial charge in [0.1, 0.15) is 5.82 Å². The Kier molecular flexibility index (Phi) is 5.23. The molecule has 0 spiro atoms. The molecule has 1 saturated carbocycles. The van der Waals surface area contributed by atoms with E-state index in [0.29, 0.717) is 9.72 Å². The lowest BCUT2D eigenvalue weighted by Gasteiger charge is -2.32. The van der Waals surface area contributed by atoms with Crippen LogP contribution in [0.15, 0.2) is 16.7 Å². The Hall–Kier alpha value is -0.430. The van der Waals surface area contributed by atoms with Crippen LogP contribution in [0.4, 0.5) is 19.0 Å². The second-order valence-electron chi connectivity index (χ2n) is 4.86. The first-order valence-corrected chi connectivity index (χ1v) is 8.52. The largest absolute Gasteiger partial charge is 0.419 e. The monoisotopic (exact) mass is 368 g/mol. The highest BCUT2D eigenvalue weighted by molar-refractivity contribution is 9.10. The van der Waals surface area contributed by atoms with E-state index in [-0.39, 0.29) is 11.9 Å². The predicted molar refractivity (Wildman–Crippen MR) is 80.1 cm³/mol. The molecule has 7 heteroatoms. The molecule has 2 unspecified atom stereocenters. The summed E-state index contributed by atoms with van der Waals surface area (Å²) in [5, 5.41) is 3.35. The van der Waals surface area contributed by atoms with Gasteiger partial charge in [-0.3, -0.25) is 0 Å². The first-order chi connectivity index (χ1) is 9.41. The SMILES string of the molecule is CSC1CCCCC1Nc1ncc(Br)cc1C(F)(F)F. The zero-order valence-electron chi connectivity index (χ0n) is 11.0. The molecule has 0 radical (unpaired) electrons. The van der Waals surface area contributed by atoms with Gasteiger partial charge in [0.05, 0.1) is 5.56 Å². The Morgan fingerprint density at radius 1 is 1.35 bits per heavy atom. The topological polar surface area (TPSA) is 24.9 Å². The molecule has 2 rings (SSSR count). The summed E-state index contributed by atoms with van der Waals surface area (Å²) in [5.74, 6) is -0.0633. The molecule has 1 heterocycles. The van der Waals surface area contributed by atoms with Gasteiger partial charge in [-0.25, -0.2) is 4.98 Å². The molecule has 112 valence electrons. The van der Waals surface area contributed by atoms with Crippen LogP contribution in [0.5, 0.6) is 0 Å². The molecule has 2 nitrogen and oxygen atoms in total. The molecule has 2 atom stereocenters. The van der Waals surface area contributed by atoms with Crippen molar-refractivity contribution in [2.75, 3.05) is 11.6 Å². The third kappa shape index (κ3) is 3.81.